The number of fused-ring (bicyclic) bond motifs is 3. The highest BCUT2D eigenvalue weighted by Crippen LogP contribution is 2.44. The zero-order valence-electron chi connectivity index (χ0n) is 13.5. The number of hydrogen-bond donors (Lipinski definition) is 1. The van der Waals surface area contributed by atoms with E-state index in [0.717, 1.165) is 39.3 Å². The van der Waals surface area contributed by atoms with Gasteiger partial charge in [0.05, 0.1) is 6.61 Å². The summed E-state index contributed by atoms with van der Waals surface area (Å²) in [5.41, 5.74) is 5.78. The van der Waals surface area contributed by atoms with Crippen molar-refractivity contribution < 1.29 is 5.11 Å². The van der Waals surface area contributed by atoms with Crippen molar-refractivity contribution in [3.05, 3.63) is 59.7 Å². The van der Waals surface area contributed by atoms with E-state index in [2.05, 4.69) is 58.3 Å². The Bertz CT molecular complexity index is 631. The number of aliphatic hydroxyl groups excluding tert-OH is 1. The summed E-state index contributed by atoms with van der Waals surface area (Å²) in [6.07, 6.45) is 0. The fourth-order valence-corrected chi connectivity index (χ4v) is 4.05. The van der Waals surface area contributed by atoms with E-state index in [4.69, 9.17) is 5.11 Å². The number of nitrogens with zero attached hydrogens (tertiary/aromatic N) is 2. The van der Waals surface area contributed by atoms with Gasteiger partial charge >= 0.3 is 0 Å². The lowest BCUT2D eigenvalue weighted by molar-refractivity contribution is 0.111. The van der Waals surface area contributed by atoms with Gasteiger partial charge in [0.1, 0.15) is 0 Å². The van der Waals surface area contributed by atoms with Crippen molar-refractivity contribution in [1.29, 1.82) is 0 Å². The monoisotopic (exact) mass is 308 g/mol. The summed E-state index contributed by atoms with van der Waals surface area (Å²) in [5.74, 6) is 0.492. The third kappa shape index (κ3) is 2.80. The summed E-state index contributed by atoms with van der Waals surface area (Å²) < 4.78 is 0. The molecule has 0 amide bonds. The Labute approximate surface area is 138 Å². The van der Waals surface area contributed by atoms with Crippen molar-refractivity contribution in [3.63, 3.8) is 0 Å². The maximum absolute atomic E-state index is 9.08. The van der Waals surface area contributed by atoms with Crippen LogP contribution in [0.15, 0.2) is 48.5 Å². The lowest BCUT2D eigenvalue weighted by Crippen LogP contribution is -2.48. The normalized spacial score (nSPS) is 18.8. The topological polar surface area (TPSA) is 26.7 Å². The average molecular weight is 308 g/mol. The molecule has 0 unspecified atom stereocenters. The first-order valence-corrected chi connectivity index (χ1v) is 8.60. The molecule has 120 valence electrons. The van der Waals surface area contributed by atoms with Gasteiger partial charge in [-0.3, -0.25) is 9.80 Å². The molecule has 0 atom stereocenters. The van der Waals surface area contributed by atoms with Crippen LogP contribution < -0.4 is 0 Å². The van der Waals surface area contributed by atoms with E-state index in [0.29, 0.717) is 5.92 Å². The predicted molar refractivity (Wildman–Crippen MR) is 93.7 cm³/mol. The zero-order chi connectivity index (χ0) is 15.6. The van der Waals surface area contributed by atoms with Gasteiger partial charge in [-0.05, 0) is 22.3 Å². The second-order valence-corrected chi connectivity index (χ2v) is 6.59. The molecule has 4 rings (SSSR count). The molecule has 0 radical (unpaired) electrons. The molecule has 1 heterocycles. The fourth-order valence-electron chi connectivity index (χ4n) is 4.05. The van der Waals surface area contributed by atoms with E-state index in [1.807, 2.05) is 0 Å². The van der Waals surface area contributed by atoms with E-state index in [-0.39, 0.29) is 6.61 Å². The van der Waals surface area contributed by atoms with E-state index in [1.165, 1.54) is 22.3 Å². The molecule has 1 fully saturated rings. The molecule has 2 aromatic carbocycles. The quantitative estimate of drug-likeness (QED) is 0.939. The number of hydrogen-bond acceptors (Lipinski definition) is 3. The van der Waals surface area contributed by atoms with Gasteiger partial charge in [0, 0.05) is 45.2 Å². The molecule has 1 aliphatic carbocycles. The van der Waals surface area contributed by atoms with Gasteiger partial charge in [-0.25, -0.2) is 0 Å². The molecule has 0 bridgehead atoms. The van der Waals surface area contributed by atoms with Crippen molar-refractivity contribution in [2.75, 3.05) is 45.9 Å². The van der Waals surface area contributed by atoms with Crippen LogP contribution in [0.2, 0.25) is 0 Å². The molecular weight excluding hydrogens is 284 g/mol. The minimum atomic E-state index is 0.267. The van der Waals surface area contributed by atoms with Gasteiger partial charge < -0.3 is 5.11 Å². The lowest BCUT2D eigenvalue weighted by Gasteiger charge is -2.35. The minimum absolute atomic E-state index is 0.267. The lowest BCUT2D eigenvalue weighted by atomic mass is 9.96. The van der Waals surface area contributed by atoms with Crippen molar-refractivity contribution >= 4 is 0 Å². The fraction of sp³-hybridized carbons (Fsp3) is 0.400. The number of aliphatic hydroxyl groups is 1. The molecule has 0 spiro atoms. The van der Waals surface area contributed by atoms with Gasteiger partial charge in [-0.2, -0.15) is 0 Å². The average Bonchev–Trinajstić information content (AvgIpc) is 2.92. The summed E-state index contributed by atoms with van der Waals surface area (Å²) in [5, 5.41) is 9.08. The molecule has 1 N–H and O–H groups in total. The largest absolute Gasteiger partial charge is 0.395 e. The number of β-amino-alcohol motifs (C(OH)–C–C–N with tert-alkyl or cyclic N) is 1. The molecule has 1 aliphatic heterocycles. The van der Waals surface area contributed by atoms with Gasteiger partial charge in [0.2, 0.25) is 0 Å². The van der Waals surface area contributed by atoms with Crippen molar-refractivity contribution in [3.8, 4) is 11.1 Å². The van der Waals surface area contributed by atoms with E-state index in [1.54, 1.807) is 0 Å². The Morgan fingerprint density at radius 3 is 1.87 bits per heavy atom. The highest BCUT2D eigenvalue weighted by atomic mass is 16.3. The van der Waals surface area contributed by atoms with Gasteiger partial charge in [0.15, 0.2) is 0 Å². The predicted octanol–water partition coefficient (Wildman–Crippen LogP) is 2.41. The molecule has 0 aromatic heterocycles. The highest BCUT2D eigenvalue weighted by Gasteiger charge is 2.30. The van der Waals surface area contributed by atoms with Crippen molar-refractivity contribution in [2.24, 2.45) is 0 Å². The first-order chi connectivity index (χ1) is 11.4. The third-order valence-electron chi connectivity index (χ3n) is 5.28. The number of benzene rings is 2. The molecule has 3 nitrogen and oxygen atoms in total. The number of rotatable bonds is 4. The maximum Gasteiger partial charge on any atom is 0.0558 e. The van der Waals surface area contributed by atoms with Gasteiger partial charge in [-0.15, -0.1) is 0 Å². The SMILES string of the molecule is OCCN1CCN(CC2c3ccccc3-c3ccccc32)CC1. The van der Waals surface area contributed by atoms with E-state index >= 15 is 0 Å². The first-order valence-electron chi connectivity index (χ1n) is 8.60. The zero-order valence-corrected chi connectivity index (χ0v) is 13.5. The van der Waals surface area contributed by atoms with Crippen LogP contribution in [0.3, 0.4) is 0 Å². The van der Waals surface area contributed by atoms with Crippen LogP contribution in [0.4, 0.5) is 0 Å². The standard InChI is InChI=1S/C20H24N2O/c23-14-13-21-9-11-22(12-10-21)15-20-18-7-3-1-5-16(18)17-6-2-4-8-19(17)20/h1-8,20,23H,9-15H2. The van der Waals surface area contributed by atoms with Crippen LogP contribution in [0, 0.1) is 0 Å². The minimum Gasteiger partial charge on any atom is -0.395 e. The van der Waals surface area contributed by atoms with Gasteiger partial charge in [0.25, 0.3) is 0 Å². The Balaban J connectivity index is 1.53. The number of piperazine rings is 1. The summed E-state index contributed by atoms with van der Waals surface area (Å²) >= 11 is 0. The smallest absolute Gasteiger partial charge is 0.0558 e. The summed E-state index contributed by atoms with van der Waals surface area (Å²) in [4.78, 5) is 4.93. The second-order valence-electron chi connectivity index (χ2n) is 6.59. The molecule has 2 aromatic rings. The molecule has 0 saturated carbocycles. The van der Waals surface area contributed by atoms with Crippen molar-refractivity contribution in [1.82, 2.24) is 9.80 Å². The van der Waals surface area contributed by atoms with E-state index < -0.39 is 0 Å². The van der Waals surface area contributed by atoms with Crippen LogP contribution in [-0.2, 0) is 0 Å². The molecular formula is C20H24N2O. The summed E-state index contributed by atoms with van der Waals surface area (Å²) in [6, 6.07) is 17.7. The Hall–Kier alpha value is -1.68. The van der Waals surface area contributed by atoms with Crippen molar-refractivity contribution in [2.45, 2.75) is 5.92 Å². The second kappa shape index (κ2) is 6.44. The summed E-state index contributed by atoms with van der Waals surface area (Å²) in [7, 11) is 0. The molecule has 2 aliphatic rings. The van der Waals surface area contributed by atoms with Crippen LogP contribution in [0.1, 0.15) is 17.0 Å². The molecule has 1 saturated heterocycles. The Kier molecular flexibility index (Phi) is 4.17. The summed E-state index contributed by atoms with van der Waals surface area (Å²) in [6.45, 7) is 6.50. The third-order valence-corrected chi connectivity index (χ3v) is 5.28. The Morgan fingerprint density at radius 1 is 0.783 bits per heavy atom. The molecule has 3 heteroatoms. The van der Waals surface area contributed by atoms with Crippen LogP contribution >= 0.6 is 0 Å². The van der Waals surface area contributed by atoms with Crippen LogP contribution in [0.5, 0.6) is 0 Å². The van der Waals surface area contributed by atoms with E-state index in [9.17, 15) is 0 Å². The van der Waals surface area contributed by atoms with Crippen LogP contribution in [-0.4, -0.2) is 60.8 Å². The molecule has 23 heavy (non-hydrogen) atoms. The first kappa shape index (κ1) is 14.9. The maximum atomic E-state index is 9.08. The van der Waals surface area contributed by atoms with Gasteiger partial charge in [-0.1, -0.05) is 48.5 Å². The highest BCUT2D eigenvalue weighted by molar-refractivity contribution is 5.78. The Morgan fingerprint density at radius 2 is 1.30 bits per heavy atom. The van der Waals surface area contributed by atoms with Crippen LogP contribution in [0.25, 0.3) is 11.1 Å².